The molecule has 0 fully saturated rings. The molecule has 0 heterocycles. The fraction of sp³-hybridized carbons (Fsp3) is 0. The zero-order chi connectivity index (χ0) is 7.28. The van der Waals surface area contributed by atoms with Crippen molar-refractivity contribution in [2.24, 2.45) is 0 Å². The maximum atomic E-state index is 9.52. The molecule has 0 bridgehead atoms. The predicted octanol–water partition coefficient (Wildman–Crippen LogP) is -0.0902. The van der Waals surface area contributed by atoms with Crippen LogP contribution in [-0.4, -0.2) is 38.6 Å². The van der Waals surface area contributed by atoms with Crippen molar-refractivity contribution >= 4 is 28.4 Å². The summed E-state index contributed by atoms with van der Waals surface area (Å²) in [4.78, 5) is 19.0. The third-order valence-electron chi connectivity index (χ3n) is 0.258. The summed E-state index contributed by atoms with van der Waals surface area (Å²) in [5.74, 6) is 0. The molecule has 9 heavy (non-hydrogen) atoms. The average Bonchev–Trinajstić information content (AvgIpc) is 1.63. The molecule has 0 aliphatic heterocycles. The topological polar surface area (TPSA) is 93.1 Å². The molecule has 0 aromatic heterocycles. The van der Waals surface area contributed by atoms with Gasteiger partial charge < -0.3 is 0 Å². The van der Waals surface area contributed by atoms with Gasteiger partial charge in [-0.15, -0.1) is 0 Å². The van der Waals surface area contributed by atoms with Crippen LogP contribution in [0.3, 0.4) is 0 Å². The van der Waals surface area contributed by atoms with Crippen molar-refractivity contribution < 1.29 is 27.3 Å². The van der Waals surface area contributed by atoms with E-state index in [-0.39, 0.29) is 0 Å². The fourth-order valence-corrected chi connectivity index (χ4v) is 0.479. The summed E-state index contributed by atoms with van der Waals surface area (Å²) in [5.41, 5.74) is 0. The summed E-state index contributed by atoms with van der Waals surface area (Å²) in [6.07, 6.45) is -3.03. The molecule has 0 rings (SSSR count). The van der Waals surface area contributed by atoms with Crippen LogP contribution in [0.5, 0.6) is 0 Å². The molecule has 0 aliphatic rings. The Kier molecular flexibility index (Phi) is 3.60. The standard InChI is InChI=1S/C2H2GeO6/c4-1(5)8-3-9-2(6)7/h(H,4,5)(H,6,7). The SMILES string of the molecule is O=C(O)[O][Ge][O]C(=O)O. The summed E-state index contributed by atoms with van der Waals surface area (Å²) >= 11 is -1.77. The Morgan fingerprint density at radius 3 is 1.67 bits per heavy atom. The van der Waals surface area contributed by atoms with Gasteiger partial charge in [-0.3, -0.25) is 0 Å². The Labute approximate surface area is 56.5 Å². The summed E-state index contributed by atoms with van der Waals surface area (Å²) < 4.78 is 7.58. The van der Waals surface area contributed by atoms with Gasteiger partial charge in [-0.25, -0.2) is 0 Å². The normalized spacial score (nSPS) is 8.00. The van der Waals surface area contributed by atoms with Gasteiger partial charge in [0.05, 0.1) is 0 Å². The van der Waals surface area contributed by atoms with Crippen LogP contribution in [0, 0.1) is 0 Å². The molecule has 0 aromatic carbocycles. The van der Waals surface area contributed by atoms with Gasteiger partial charge in [-0.2, -0.15) is 0 Å². The van der Waals surface area contributed by atoms with Gasteiger partial charge in [0.2, 0.25) is 0 Å². The first-order valence-corrected chi connectivity index (χ1v) is 3.39. The van der Waals surface area contributed by atoms with Crippen molar-refractivity contribution in [2.75, 3.05) is 0 Å². The number of rotatable bonds is 2. The van der Waals surface area contributed by atoms with Gasteiger partial charge >= 0.3 is 55.7 Å². The minimum absolute atomic E-state index is 1.52. The molecule has 50 valence electrons. The van der Waals surface area contributed by atoms with Crippen LogP contribution in [0.15, 0.2) is 0 Å². The molecule has 0 unspecified atom stereocenters. The van der Waals surface area contributed by atoms with Gasteiger partial charge in [0, 0.05) is 0 Å². The number of hydrogen-bond donors (Lipinski definition) is 2. The van der Waals surface area contributed by atoms with Crippen LogP contribution in [0.1, 0.15) is 0 Å². The maximum absolute atomic E-state index is 9.52. The van der Waals surface area contributed by atoms with Gasteiger partial charge in [0.1, 0.15) is 0 Å². The summed E-state index contributed by atoms with van der Waals surface area (Å²) in [6, 6.07) is 0. The van der Waals surface area contributed by atoms with E-state index in [1.807, 2.05) is 0 Å². The van der Waals surface area contributed by atoms with E-state index in [1.165, 1.54) is 0 Å². The van der Waals surface area contributed by atoms with Crippen molar-refractivity contribution in [3.63, 3.8) is 0 Å². The Bertz CT molecular complexity index is 106. The molecule has 0 amide bonds. The molecule has 2 radical (unpaired) electrons. The number of carboxylic acid groups (broad SMARTS) is 2. The van der Waals surface area contributed by atoms with Crippen LogP contribution in [0.2, 0.25) is 0 Å². The van der Waals surface area contributed by atoms with E-state index >= 15 is 0 Å². The second kappa shape index (κ2) is 4.01. The molecule has 6 nitrogen and oxygen atoms in total. The van der Waals surface area contributed by atoms with Crippen molar-refractivity contribution in [2.45, 2.75) is 0 Å². The van der Waals surface area contributed by atoms with Crippen LogP contribution < -0.4 is 0 Å². The van der Waals surface area contributed by atoms with Crippen LogP contribution >= 0.6 is 0 Å². The Morgan fingerprint density at radius 2 is 1.44 bits per heavy atom. The Morgan fingerprint density at radius 1 is 1.11 bits per heavy atom. The number of carbonyl (C=O) groups is 2. The first-order valence-electron chi connectivity index (χ1n) is 1.67. The summed E-state index contributed by atoms with van der Waals surface area (Å²) in [6.45, 7) is 0. The quantitative estimate of drug-likeness (QED) is 0.597. The van der Waals surface area contributed by atoms with Crippen LogP contribution in [0.25, 0.3) is 0 Å². The third-order valence-corrected chi connectivity index (χ3v) is 1.34. The monoisotopic (exact) mass is 196 g/mol. The van der Waals surface area contributed by atoms with E-state index in [0.717, 1.165) is 0 Å². The summed E-state index contributed by atoms with van der Waals surface area (Å²) in [5, 5.41) is 15.5. The van der Waals surface area contributed by atoms with Crippen LogP contribution in [-0.2, 0) is 7.53 Å². The predicted molar refractivity (Wildman–Crippen MR) is 24.0 cm³/mol. The minimum atomic E-state index is -1.77. The van der Waals surface area contributed by atoms with Crippen molar-refractivity contribution in [3.05, 3.63) is 0 Å². The molecule has 0 aliphatic carbocycles. The van der Waals surface area contributed by atoms with E-state index in [2.05, 4.69) is 7.53 Å². The molecule has 0 saturated heterocycles. The second-order valence-corrected chi connectivity index (χ2v) is 2.03. The van der Waals surface area contributed by atoms with Crippen LogP contribution in [0.4, 0.5) is 9.59 Å². The van der Waals surface area contributed by atoms with E-state index in [1.54, 1.807) is 0 Å². The van der Waals surface area contributed by atoms with Crippen molar-refractivity contribution in [1.82, 2.24) is 0 Å². The van der Waals surface area contributed by atoms with Gasteiger partial charge in [-0.05, 0) is 0 Å². The third kappa shape index (κ3) is 7.08. The summed E-state index contributed by atoms with van der Waals surface area (Å²) in [7, 11) is 0. The van der Waals surface area contributed by atoms with E-state index in [0.29, 0.717) is 0 Å². The average molecular weight is 195 g/mol. The molecule has 0 atom stereocenters. The first kappa shape index (κ1) is 8.08. The van der Waals surface area contributed by atoms with Gasteiger partial charge in [0.15, 0.2) is 0 Å². The zero-order valence-electron chi connectivity index (χ0n) is 4.03. The Balaban J connectivity index is 3.10. The Hall–Kier alpha value is -0.917. The number of hydrogen-bond acceptors (Lipinski definition) is 4. The van der Waals surface area contributed by atoms with Crippen molar-refractivity contribution in [1.29, 1.82) is 0 Å². The zero-order valence-corrected chi connectivity index (χ0v) is 6.13. The molecular weight excluding hydrogens is 193 g/mol. The van der Waals surface area contributed by atoms with Crippen molar-refractivity contribution in [3.8, 4) is 0 Å². The fourth-order valence-electron chi connectivity index (χ4n) is 0.0921. The molecule has 2 N–H and O–H groups in total. The van der Waals surface area contributed by atoms with E-state index < -0.39 is 28.4 Å². The molecule has 0 spiro atoms. The molecule has 7 heteroatoms. The molecule has 0 aromatic rings. The van der Waals surface area contributed by atoms with Gasteiger partial charge in [0.25, 0.3) is 0 Å². The molecular formula is C2H2GeO6. The van der Waals surface area contributed by atoms with Gasteiger partial charge in [-0.1, -0.05) is 0 Å². The van der Waals surface area contributed by atoms with E-state index in [4.69, 9.17) is 10.2 Å². The first-order chi connectivity index (χ1) is 4.13. The second-order valence-electron chi connectivity index (χ2n) is 0.819. The van der Waals surface area contributed by atoms with E-state index in [9.17, 15) is 9.59 Å². The molecule has 0 saturated carbocycles.